The summed E-state index contributed by atoms with van der Waals surface area (Å²) in [5.41, 5.74) is -0.585. The van der Waals surface area contributed by atoms with Gasteiger partial charge in [0.2, 0.25) is 0 Å². The summed E-state index contributed by atoms with van der Waals surface area (Å²) >= 11 is 0. The molecule has 0 saturated carbocycles. The highest BCUT2D eigenvalue weighted by Crippen LogP contribution is 2.28. The van der Waals surface area contributed by atoms with Gasteiger partial charge in [0.15, 0.2) is 0 Å². The van der Waals surface area contributed by atoms with Crippen molar-refractivity contribution in [1.29, 1.82) is 0 Å². The normalized spacial score (nSPS) is 16.7. The molecule has 0 unspecified atom stereocenters. The van der Waals surface area contributed by atoms with Crippen molar-refractivity contribution in [3.05, 3.63) is 29.1 Å². The molecule has 1 aliphatic heterocycles. The van der Waals surface area contributed by atoms with Gasteiger partial charge in [-0.2, -0.15) is 13.2 Å². The number of carbonyl (C=O) groups excluding carboxylic acids is 1. The van der Waals surface area contributed by atoms with Gasteiger partial charge < -0.3 is 10.2 Å². The maximum atomic E-state index is 12.6. The Hall–Kier alpha value is -1.63. The fourth-order valence-corrected chi connectivity index (χ4v) is 2.80. The molecule has 0 bridgehead atoms. The third-order valence-electron chi connectivity index (χ3n) is 4.19. The zero-order valence-corrected chi connectivity index (χ0v) is 13.4. The molecule has 1 aromatic rings. The number of amides is 1. The largest absolute Gasteiger partial charge is 0.433 e. The highest BCUT2D eigenvalue weighted by molar-refractivity contribution is 5.95. The number of aryl methyl sites for hydroxylation is 1. The van der Waals surface area contributed by atoms with Crippen LogP contribution in [-0.4, -0.2) is 42.0 Å². The number of alkyl halides is 3. The first-order valence-electron chi connectivity index (χ1n) is 7.87. The van der Waals surface area contributed by atoms with Gasteiger partial charge in [-0.3, -0.25) is 4.79 Å². The van der Waals surface area contributed by atoms with Crippen molar-refractivity contribution in [1.82, 2.24) is 15.2 Å². The molecule has 0 atom stereocenters. The van der Waals surface area contributed by atoms with Gasteiger partial charge in [-0.25, -0.2) is 4.98 Å². The first kappa shape index (κ1) is 17.7. The molecule has 0 aliphatic carbocycles. The lowest BCUT2D eigenvalue weighted by molar-refractivity contribution is -0.141. The first-order valence-corrected chi connectivity index (χ1v) is 7.87. The Balaban J connectivity index is 2.02. The molecule has 0 aromatic carbocycles. The van der Waals surface area contributed by atoms with Gasteiger partial charge >= 0.3 is 6.18 Å². The minimum absolute atomic E-state index is 0.125. The van der Waals surface area contributed by atoms with Crippen LogP contribution in [0.1, 0.15) is 41.5 Å². The lowest BCUT2D eigenvalue weighted by atomic mass is 9.96. The Bertz CT molecular complexity index is 552. The topological polar surface area (TPSA) is 45.2 Å². The first-order chi connectivity index (χ1) is 10.8. The highest BCUT2D eigenvalue weighted by atomic mass is 19.4. The smallest absolute Gasteiger partial charge is 0.339 e. The van der Waals surface area contributed by atoms with Crippen molar-refractivity contribution in [3.63, 3.8) is 0 Å². The molecular formula is C16H22F3N3O. The molecule has 4 nitrogen and oxygen atoms in total. The van der Waals surface area contributed by atoms with Gasteiger partial charge in [0, 0.05) is 13.1 Å². The number of piperidine rings is 1. The molecule has 0 spiro atoms. The number of halogens is 3. The number of likely N-dealkylation sites (tertiary alicyclic amines) is 1. The number of hydrogen-bond acceptors (Lipinski definition) is 3. The van der Waals surface area contributed by atoms with Crippen LogP contribution in [0.4, 0.5) is 13.2 Å². The van der Waals surface area contributed by atoms with E-state index in [4.69, 9.17) is 0 Å². The number of carbonyl (C=O) groups is 1. The van der Waals surface area contributed by atoms with E-state index in [0.29, 0.717) is 19.0 Å². The third-order valence-corrected chi connectivity index (χ3v) is 4.19. The molecule has 1 fully saturated rings. The minimum Gasteiger partial charge on any atom is -0.339 e. The molecular weight excluding hydrogens is 307 g/mol. The summed E-state index contributed by atoms with van der Waals surface area (Å²) in [6.45, 7) is 6.64. The van der Waals surface area contributed by atoms with Crippen molar-refractivity contribution in [2.75, 3.05) is 26.2 Å². The van der Waals surface area contributed by atoms with Crippen LogP contribution in [0.2, 0.25) is 0 Å². The summed E-state index contributed by atoms with van der Waals surface area (Å²) in [6, 6.07) is 2.11. The van der Waals surface area contributed by atoms with Crippen molar-refractivity contribution in [2.45, 2.75) is 32.9 Å². The zero-order chi connectivity index (χ0) is 17.0. The Morgan fingerprint density at radius 3 is 2.52 bits per heavy atom. The molecule has 128 valence electrons. The van der Waals surface area contributed by atoms with Crippen LogP contribution in [0.25, 0.3) is 0 Å². The van der Waals surface area contributed by atoms with Gasteiger partial charge in [0.25, 0.3) is 5.91 Å². The van der Waals surface area contributed by atoms with E-state index in [0.717, 1.165) is 32.0 Å². The number of hydrogen-bond donors (Lipinski definition) is 1. The Morgan fingerprint density at radius 1 is 1.35 bits per heavy atom. The van der Waals surface area contributed by atoms with E-state index in [1.165, 1.54) is 13.0 Å². The number of rotatable bonds is 4. The van der Waals surface area contributed by atoms with Gasteiger partial charge in [-0.15, -0.1) is 0 Å². The number of aromatic nitrogens is 1. The quantitative estimate of drug-likeness (QED) is 0.924. The van der Waals surface area contributed by atoms with Crippen molar-refractivity contribution >= 4 is 5.91 Å². The number of nitrogens with one attached hydrogen (secondary N) is 1. The maximum Gasteiger partial charge on any atom is 0.433 e. The van der Waals surface area contributed by atoms with E-state index >= 15 is 0 Å². The molecule has 1 N–H and O–H groups in total. The lowest BCUT2D eigenvalue weighted by Crippen LogP contribution is -2.41. The molecule has 23 heavy (non-hydrogen) atoms. The van der Waals surface area contributed by atoms with E-state index in [-0.39, 0.29) is 17.2 Å². The highest BCUT2D eigenvalue weighted by Gasteiger charge is 2.33. The standard InChI is InChI=1S/C16H22F3N3O/c1-3-20-10-12-6-8-22(9-7-12)15(23)13-4-5-14(16(17,18)19)21-11(13)2/h4-5,12,20H,3,6-10H2,1-2H3. The van der Waals surface area contributed by atoms with Crippen molar-refractivity contribution in [2.24, 2.45) is 5.92 Å². The summed E-state index contributed by atoms with van der Waals surface area (Å²) in [5.74, 6) is 0.316. The van der Waals surface area contributed by atoms with Gasteiger partial charge in [-0.1, -0.05) is 6.92 Å². The minimum atomic E-state index is -4.49. The second kappa shape index (κ2) is 7.29. The maximum absolute atomic E-state index is 12.6. The van der Waals surface area contributed by atoms with Crippen LogP contribution in [0, 0.1) is 12.8 Å². The fourth-order valence-electron chi connectivity index (χ4n) is 2.80. The third kappa shape index (κ3) is 4.43. The van der Waals surface area contributed by atoms with E-state index < -0.39 is 11.9 Å². The van der Waals surface area contributed by atoms with Gasteiger partial charge in [0.05, 0.1) is 11.3 Å². The second-order valence-corrected chi connectivity index (χ2v) is 5.87. The van der Waals surface area contributed by atoms with E-state index in [1.807, 2.05) is 0 Å². The fraction of sp³-hybridized carbons (Fsp3) is 0.625. The molecule has 2 heterocycles. The molecule has 0 radical (unpaired) electrons. The van der Waals surface area contributed by atoms with Crippen molar-refractivity contribution < 1.29 is 18.0 Å². The molecule has 7 heteroatoms. The molecule has 1 aromatic heterocycles. The van der Waals surface area contributed by atoms with Crippen LogP contribution in [0.3, 0.4) is 0 Å². The van der Waals surface area contributed by atoms with Crippen LogP contribution in [0.15, 0.2) is 12.1 Å². The van der Waals surface area contributed by atoms with E-state index in [2.05, 4.69) is 17.2 Å². The van der Waals surface area contributed by atoms with Crippen LogP contribution in [-0.2, 0) is 6.18 Å². The molecule has 1 amide bonds. The Labute approximate surface area is 134 Å². The predicted octanol–water partition coefficient (Wildman–Crippen LogP) is 2.87. The number of nitrogens with zero attached hydrogens (tertiary/aromatic N) is 2. The van der Waals surface area contributed by atoms with Crippen LogP contribution < -0.4 is 5.32 Å². The van der Waals surface area contributed by atoms with E-state index in [9.17, 15) is 18.0 Å². The Kier molecular flexibility index (Phi) is 5.62. The molecule has 1 saturated heterocycles. The summed E-state index contributed by atoms with van der Waals surface area (Å²) in [5, 5.41) is 3.30. The average Bonchev–Trinajstić information content (AvgIpc) is 2.52. The second-order valence-electron chi connectivity index (χ2n) is 5.87. The SMILES string of the molecule is CCNCC1CCN(C(=O)c2ccc(C(F)(F)F)nc2C)CC1. The summed E-state index contributed by atoms with van der Waals surface area (Å²) in [6.07, 6.45) is -2.67. The van der Waals surface area contributed by atoms with Crippen molar-refractivity contribution in [3.8, 4) is 0 Å². The predicted molar refractivity (Wildman–Crippen MR) is 81.1 cm³/mol. The van der Waals surface area contributed by atoms with Gasteiger partial charge in [-0.05, 0) is 50.9 Å². The summed E-state index contributed by atoms with van der Waals surface area (Å²) < 4.78 is 37.9. The summed E-state index contributed by atoms with van der Waals surface area (Å²) in [7, 11) is 0. The van der Waals surface area contributed by atoms with Crippen LogP contribution in [0.5, 0.6) is 0 Å². The lowest BCUT2D eigenvalue weighted by Gasteiger charge is -2.32. The average molecular weight is 329 g/mol. The van der Waals surface area contributed by atoms with Gasteiger partial charge in [0.1, 0.15) is 5.69 Å². The molecule has 1 aliphatic rings. The summed E-state index contributed by atoms with van der Waals surface area (Å²) in [4.78, 5) is 17.7. The number of pyridine rings is 1. The zero-order valence-electron chi connectivity index (χ0n) is 13.4. The monoisotopic (exact) mass is 329 g/mol. The Morgan fingerprint density at radius 2 is 2.00 bits per heavy atom. The van der Waals surface area contributed by atoms with E-state index in [1.54, 1.807) is 4.90 Å². The van der Waals surface area contributed by atoms with Crippen LogP contribution >= 0.6 is 0 Å². The molecule has 2 rings (SSSR count).